The van der Waals surface area contributed by atoms with Crippen molar-refractivity contribution in [3.63, 3.8) is 0 Å². The number of ether oxygens (including phenoxy) is 3. The Morgan fingerprint density at radius 1 is 1.09 bits per heavy atom. The van der Waals surface area contributed by atoms with Crippen molar-refractivity contribution in [2.24, 2.45) is 17.3 Å². The molecule has 1 saturated heterocycles. The maximum Gasteiger partial charge on any atom is 0.422 e. The summed E-state index contributed by atoms with van der Waals surface area (Å²) in [6.07, 6.45) is 1.58. The van der Waals surface area contributed by atoms with E-state index in [1.807, 2.05) is 34.6 Å². The molecule has 13 heteroatoms. The zero-order chi connectivity index (χ0) is 34.1. The fraction of sp³-hybridized carbons (Fsp3) is 0.676. The second kappa shape index (κ2) is 13.5. The summed E-state index contributed by atoms with van der Waals surface area (Å²) in [5.74, 6) is -0.468. The van der Waals surface area contributed by atoms with Gasteiger partial charge in [-0.3, -0.25) is 4.79 Å². The van der Waals surface area contributed by atoms with Crippen molar-refractivity contribution in [1.82, 2.24) is 20.2 Å². The standard InChI is InChI=1S/C34H45F3N4O6/c1-20-26(18-42)41-17-27(20)46-29-24(38-23-14-13-22(16-25(23)39-29)45-19-34(35,36)37)12-8-6-7-10-21-11-9-15-33(21,5)47-31(44)40-28(30(41)43)32(2,3)4/h13-14,16,18,20-21,26-28H,6-12,15,17,19H2,1-5H3,(H,40,44)/t20-,21+,26+,27-,28+,33+/m0/s1. The highest BCUT2D eigenvalue weighted by molar-refractivity contribution is 5.89. The molecule has 258 valence electrons. The molecular formula is C34H45F3N4O6. The van der Waals surface area contributed by atoms with Gasteiger partial charge in [-0.1, -0.05) is 40.5 Å². The van der Waals surface area contributed by atoms with Crippen LogP contribution in [0.4, 0.5) is 18.0 Å². The third kappa shape index (κ3) is 7.92. The first-order chi connectivity index (χ1) is 22.1. The van der Waals surface area contributed by atoms with Crippen molar-refractivity contribution in [3.05, 3.63) is 23.9 Å². The zero-order valence-corrected chi connectivity index (χ0v) is 27.7. The van der Waals surface area contributed by atoms with Crippen LogP contribution < -0.4 is 14.8 Å². The van der Waals surface area contributed by atoms with Crippen LogP contribution >= 0.6 is 0 Å². The number of alkyl halides is 3. The van der Waals surface area contributed by atoms with Gasteiger partial charge in [-0.15, -0.1) is 0 Å². The van der Waals surface area contributed by atoms with Gasteiger partial charge in [0.1, 0.15) is 35.5 Å². The van der Waals surface area contributed by atoms with Crippen LogP contribution in [0.5, 0.6) is 11.6 Å². The molecule has 1 N–H and O–H groups in total. The van der Waals surface area contributed by atoms with Gasteiger partial charge < -0.3 is 29.2 Å². The van der Waals surface area contributed by atoms with Gasteiger partial charge in [0.15, 0.2) is 6.61 Å². The lowest BCUT2D eigenvalue weighted by Gasteiger charge is -2.37. The Hall–Kier alpha value is -3.64. The SMILES string of the molecule is C[C@@H]1[C@@H]2CN(C(=O)[C@H](C(C)(C)C)NC(=O)O[C@]3(C)CCC[C@H]3CCCCCc3nc4ccc(OCC(F)(F)F)cc4nc3O2)[C@@H]1C=O. The molecule has 6 atom stereocenters. The van der Waals surface area contributed by atoms with E-state index in [2.05, 4.69) is 10.3 Å². The molecule has 1 saturated carbocycles. The molecule has 2 bridgehead atoms. The molecule has 3 aliphatic rings. The Morgan fingerprint density at radius 3 is 2.53 bits per heavy atom. The third-order valence-electron chi connectivity index (χ3n) is 9.88. The first kappa shape index (κ1) is 34.7. The summed E-state index contributed by atoms with van der Waals surface area (Å²) in [6.45, 7) is 7.93. The molecule has 2 aromatic rings. The lowest BCUT2D eigenvalue weighted by Crippen LogP contribution is -2.57. The summed E-state index contributed by atoms with van der Waals surface area (Å²) >= 11 is 0. The van der Waals surface area contributed by atoms with Crippen LogP contribution in [0.2, 0.25) is 0 Å². The number of carbonyl (C=O) groups excluding carboxylic acids is 3. The van der Waals surface area contributed by atoms with Gasteiger partial charge in [-0.2, -0.15) is 13.2 Å². The average Bonchev–Trinajstić information content (AvgIpc) is 3.50. The molecule has 0 unspecified atom stereocenters. The summed E-state index contributed by atoms with van der Waals surface area (Å²) < 4.78 is 55.8. The molecule has 0 radical (unpaired) electrons. The summed E-state index contributed by atoms with van der Waals surface area (Å²) in [5.41, 5.74) is 0.0279. The number of hydrogen-bond donors (Lipinski definition) is 1. The Kier molecular flexibility index (Phi) is 9.94. The number of aldehydes is 1. The first-order valence-corrected chi connectivity index (χ1v) is 16.5. The molecule has 2 amide bonds. The maximum absolute atomic E-state index is 14.1. The van der Waals surface area contributed by atoms with Crippen LogP contribution in [-0.4, -0.2) is 76.3 Å². The molecule has 47 heavy (non-hydrogen) atoms. The van der Waals surface area contributed by atoms with E-state index in [0.717, 1.165) is 44.9 Å². The molecule has 2 aliphatic heterocycles. The number of rotatable bonds is 3. The monoisotopic (exact) mass is 662 g/mol. The van der Waals surface area contributed by atoms with Crippen molar-refractivity contribution in [2.45, 2.75) is 116 Å². The van der Waals surface area contributed by atoms with E-state index in [1.165, 1.54) is 17.0 Å². The number of aryl methyl sites for hydroxylation is 1. The predicted molar refractivity (Wildman–Crippen MR) is 167 cm³/mol. The normalized spacial score (nSPS) is 29.5. The molecule has 1 aliphatic carbocycles. The molecular weight excluding hydrogens is 617 g/mol. The highest BCUT2D eigenvalue weighted by Crippen LogP contribution is 2.42. The predicted octanol–water partition coefficient (Wildman–Crippen LogP) is 6.18. The number of alkyl carbamates (subject to hydrolysis) is 1. The molecule has 1 aromatic heterocycles. The smallest absolute Gasteiger partial charge is 0.422 e. The van der Waals surface area contributed by atoms with Crippen LogP contribution in [0.25, 0.3) is 11.0 Å². The molecule has 0 spiro atoms. The summed E-state index contributed by atoms with van der Waals surface area (Å²) in [7, 11) is 0. The van der Waals surface area contributed by atoms with Gasteiger partial charge in [-0.25, -0.2) is 14.8 Å². The number of benzene rings is 1. The van der Waals surface area contributed by atoms with E-state index < -0.39 is 59.9 Å². The van der Waals surface area contributed by atoms with E-state index in [4.69, 9.17) is 19.2 Å². The van der Waals surface area contributed by atoms with Crippen LogP contribution in [0.15, 0.2) is 18.2 Å². The van der Waals surface area contributed by atoms with E-state index in [1.54, 1.807) is 6.07 Å². The van der Waals surface area contributed by atoms with E-state index in [9.17, 15) is 27.6 Å². The average molecular weight is 663 g/mol. The number of nitrogens with zero attached hydrogens (tertiary/aromatic N) is 3. The Balaban J connectivity index is 1.50. The Labute approximate surface area is 273 Å². The van der Waals surface area contributed by atoms with Gasteiger partial charge in [0, 0.05) is 12.0 Å². The number of fused-ring (bicyclic) bond motifs is 5. The minimum absolute atomic E-state index is 0.00514. The van der Waals surface area contributed by atoms with Crippen molar-refractivity contribution in [1.29, 1.82) is 0 Å². The van der Waals surface area contributed by atoms with Crippen molar-refractivity contribution < 1.29 is 41.8 Å². The molecule has 2 fully saturated rings. The van der Waals surface area contributed by atoms with Crippen molar-refractivity contribution in [2.75, 3.05) is 13.2 Å². The van der Waals surface area contributed by atoms with Crippen molar-refractivity contribution in [3.8, 4) is 11.6 Å². The Morgan fingerprint density at radius 2 is 1.83 bits per heavy atom. The van der Waals surface area contributed by atoms with Crippen LogP contribution in [0.3, 0.4) is 0 Å². The number of aromatic nitrogens is 2. The zero-order valence-electron chi connectivity index (χ0n) is 27.7. The quantitative estimate of drug-likeness (QED) is 0.387. The molecule has 3 heterocycles. The number of nitrogens with one attached hydrogen (secondary N) is 1. The van der Waals surface area contributed by atoms with Gasteiger partial charge >= 0.3 is 12.3 Å². The number of hydrogen-bond acceptors (Lipinski definition) is 8. The van der Waals surface area contributed by atoms with Gasteiger partial charge in [-0.05, 0) is 68.9 Å². The summed E-state index contributed by atoms with van der Waals surface area (Å²) in [6, 6.07) is 2.59. The summed E-state index contributed by atoms with van der Waals surface area (Å²) in [4.78, 5) is 50.8. The lowest BCUT2D eigenvalue weighted by molar-refractivity contribution is -0.153. The van der Waals surface area contributed by atoms with Crippen LogP contribution in [-0.2, 0) is 20.7 Å². The Bertz CT molecular complexity index is 1480. The van der Waals surface area contributed by atoms with Gasteiger partial charge in [0.25, 0.3) is 0 Å². The largest absolute Gasteiger partial charge is 0.484 e. The maximum atomic E-state index is 14.1. The van der Waals surface area contributed by atoms with E-state index in [0.29, 0.717) is 29.4 Å². The highest BCUT2D eigenvalue weighted by atomic mass is 19.4. The van der Waals surface area contributed by atoms with Gasteiger partial charge in [0.2, 0.25) is 11.8 Å². The first-order valence-electron chi connectivity index (χ1n) is 16.5. The minimum atomic E-state index is -4.49. The second-order valence-corrected chi connectivity index (χ2v) is 14.5. The molecule has 10 nitrogen and oxygen atoms in total. The highest BCUT2D eigenvalue weighted by Gasteiger charge is 2.48. The fourth-order valence-corrected chi connectivity index (χ4v) is 7.10. The number of amides is 2. The van der Waals surface area contributed by atoms with Crippen molar-refractivity contribution >= 4 is 29.3 Å². The van der Waals surface area contributed by atoms with Gasteiger partial charge in [0.05, 0.1) is 23.6 Å². The van der Waals surface area contributed by atoms with Crippen LogP contribution in [0, 0.1) is 17.3 Å². The number of halogens is 3. The topological polar surface area (TPSA) is 120 Å². The van der Waals surface area contributed by atoms with E-state index >= 15 is 0 Å². The van der Waals surface area contributed by atoms with Crippen LogP contribution in [0.1, 0.15) is 85.3 Å². The van der Waals surface area contributed by atoms with E-state index in [-0.39, 0.29) is 24.1 Å². The summed E-state index contributed by atoms with van der Waals surface area (Å²) in [5, 5.41) is 2.84. The fourth-order valence-electron chi connectivity index (χ4n) is 7.10. The third-order valence-corrected chi connectivity index (χ3v) is 9.88. The molecule has 1 aromatic carbocycles. The second-order valence-electron chi connectivity index (χ2n) is 14.5. The molecule has 5 rings (SSSR count). The number of carbonyl (C=O) groups is 3. The lowest BCUT2D eigenvalue weighted by atomic mass is 9.85. The minimum Gasteiger partial charge on any atom is -0.484 e.